The van der Waals surface area contributed by atoms with E-state index in [1.807, 2.05) is 50.6 Å². The Bertz CT molecular complexity index is 2300. The Hall–Kier alpha value is -5.44. The Balaban J connectivity index is 1.08. The molecule has 0 saturated carbocycles. The Labute approximate surface area is 342 Å². The van der Waals surface area contributed by atoms with Crippen molar-refractivity contribution in [3.05, 3.63) is 60.2 Å². The lowest BCUT2D eigenvalue weighted by molar-refractivity contribution is -0.136. The minimum absolute atomic E-state index is 0.110. The fraction of sp³-hybridized carbons (Fsp3) is 0.488. The van der Waals surface area contributed by atoms with Gasteiger partial charge in [-0.15, -0.1) is 11.3 Å². The van der Waals surface area contributed by atoms with Crippen LogP contribution in [0, 0.1) is 23.7 Å². The SMILES string of the molecule is COC(=O)N[C@H](C(=O)N1C[C@@H](C)C[C@@H]1c1nc2sc(-c3ccc(-c4ccc5nc([C@@H]6C[C@@H](C)CN6C(=O)[C@@H](NC(=O)OC)C(C)C)n(C)c5c4)cc3)cc2[nH]1)C(C)C. The maximum Gasteiger partial charge on any atom is 0.407 e. The number of imidazole rings is 2. The third-order valence-electron chi connectivity index (χ3n) is 11.6. The molecule has 2 saturated heterocycles. The van der Waals surface area contributed by atoms with Crippen LogP contribution in [0.5, 0.6) is 0 Å². The number of methoxy groups -OCH3 is 2. The number of carbonyl (C=O) groups is 4. The first-order valence-electron chi connectivity index (χ1n) is 20.0. The molecule has 0 unspecified atom stereocenters. The molecule has 7 rings (SSSR count). The van der Waals surface area contributed by atoms with Gasteiger partial charge in [0.05, 0.1) is 42.9 Å². The molecule has 3 N–H and O–H groups in total. The van der Waals surface area contributed by atoms with Crippen molar-refractivity contribution in [2.75, 3.05) is 27.3 Å². The molecule has 308 valence electrons. The van der Waals surface area contributed by atoms with Gasteiger partial charge in [0.15, 0.2) is 0 Å². The van der Waals surface area contributed by atoms with Gasteiger partial charge in [-0.25, -0.2) is 19.6 Å². The van der Waals surface area contributed by atoms with E-state index in [1.165, 1.54) is 14.2 Å². The number of ether oxygens (including phenoxy) is 2. The van der Waals surface area contributed by atoms with E-state index in [1.54, 1.807) is 11.3 Å². The number of thiophene rings is 1. The number of aromatic amines is 1. The van der Waals surface area contributed by atoms with Crippen LogP contribution in [0.25, 0.3) is 42.9 Å². The molecule has 2 aliphatic rings. The number of amides is 4. The first-order valence-corrected chi connectivity index (χ1v) is 20.8. The number of carbonyl (C=O) groups excluding carboxylic acids is 4. The molecule has 0 aliphatic carbocycles. The van der Waals surface area contributed by atoms with Crippen LogP contribution in [0.4, 0.5) is 9.59 Å². The second-order valence-electron chi connectivity index (χ2n) is 16.7. The third-order valence-corrected chi connectivity index (χ3v) is 12.7. The Morgan fingerprint density at radius 3 is 1.84 bits per heavy atom. The number of benzene rings is 2. The summed E-state index contributed by atoms with van der Waals surface area (Å²) in [5.41, 5.74) is 5.95. The highest BCUT2D eigenvalue weighted by Gasteiger charge is 2.42. The molecule has 15 heteroatoms. The van der Waals surface area contributed by atoms with E-state index < -0.39 is 24.3 Å². The summed E-state index contributed by atoms with van der Waals surface area (Å²) in [6.45, 7) is 13.1. The minimum Gasteiger partial charge on any atom is -0.453 e. The summed E-state index contributed by atoms with van der Waals surface area (Å²) in [4.78, 5) is 70.9. The van der Waals surface area contributed by atoms with Crippen LogP contribution in [0.2, 0.25) is 0 Å². The van der Waals surface area contributed by atoms with Gasteiger partial charge in [-0.1, -0.05) is 71.9 Å². The van der Waals surface area contributed by atoms with Crippen molar-refractivity contribution in [3.63, 3.8) is 0 Å². The van der Waals surface area contributed by atoms with E-state index in [0.717, 1.165) is 67.4 Å². The number of hydrogen-bond acceptors (Lipinski definition) is 9. The smallest absolute Gasteiger partial charge is 0.407 e. The van der Waals surface area contributed by atoms with Gasteiger partial charge < -0.3 is 39.5 Å². The van der Waals surface area contributed by atoms with E-state index in [-0.39, 0.29) is 47.6 Å². The number of H-pyrrole nitrogens is 1. The Morgan fingerprint density at radius 1 is 0.759 bits per heavy atom. The molecule has 58 heavy (non-hydrogen) atoms. The zero-order valence-electron chi connectivity index (χ0n) is 34.7. The number of nitrogens with one attached hydrogen (secondary N) is 3. The second-order valence-corrected chi connectivity index (χ2v) is 17.7. The number of aryl methyl sites for hydroxylation is 1. The summed E-state index contributed by atoms with van der Waals surface area (Å²) in [7, 11) is 4.60. The van der Waals surface area contributed by atoms with Crippen LogP contribution in [-0.4, -0.2) is 92.7 Å². The summed E-state index contributed by atoms with van der Waals surface area (Å²) in [6.07, 6.45) is 0.316. The number of hydrogen-bond donors (Lipinski definition) is 3. The predicted octanol–water partition coefficient (Wildman–Crippen LogP) is 7.43. The molecule has 6 atom stereocenters. The Morgan fingerprint density at radius 2 is 1.29 bits per heavy atom. The highest BCUT2D eigenvalue weighted by atomic mass is 32.1. The summed E-state index contributed by atoms with van der Waals surface area (Å²) >= 11 is 1.61. The van der Waals surface area contributed by atoms with Gasteiger partial charge in [-0.3, -0.25) is 9.59 Å². The molecular formula is C43H54N8O6S. The number of rotatable bonds is 10. The standard InChI is InChI=1S/C43H54N8O6S/c1-22(2)35(46-42(54)56-8)40(52)50-20-24(5)16-32(50)37-44-30-19-34(58-39(30)48-37)27-12-10-26(11-13-27)28-14-15-29-31(18-28)49(7)38(45-29)33-17-25(6)21-51(33)41(53)36(23(3)4)47-43(55)57-9/h10-15,18-19,22-25,32-33,35-36H,16-17,20-21H2,1-9H3,(H,44,48)(H,46,54)(H,47,55)/t24-,25+,32+,33-,35-,36-/m0/s1. The van der Waals surface area contributed by atoms with Gasteiger partial charge in [0.2, 0.25) is 11.8 Å². The molecule has 2 fully saturated rings. The summed E-state index contributed by atoms with van der Waals surface area (Å²) < 4.78 is 11.7. The van der Waals surface area contributed by atoms with Crippen molar-refractivity contribution >= 4 is 56.7 Å². The quantitative estimate of drug-likeness (QED) is 0.131. The van der Waals surface area contributed by atoms with Crippen molar-refractivity contribution in [2.45, 2.75) is 78.6 Å². The lowest BCUT2D eigenvalue weighted by Crippen LogP contribution is -2.51. The van der Waals surface area contributed by atoms with E-state index >= 15 is 0 Å². The molecule has 5 aromatic rings. The van der Waals surface area contributed by atoms with E-state index in [9.17, 15) is 19.2 Å². The molecule has 2 aromatic carbocycles. The van der Waals surface area contributed by atoms with Crippen molar-refractivity contribution < 1.29 is 28.7 Å². The topological polar surface area (TPSA) is 164 Å². The number of likely N-dealkylation sites (tertiary alicyclic amines) is 2. The number of aromatic nitrogens is 4. The molecule has 5 heterocycles. The lowest BCUT2D eigenvalue weighted by Gasteiger charge is -2.30. The van der Waals surface area contributed by atoms with Crippen LogP contribution in [0.15, 0.2) is 48.5 Å². The van der Waals surface area contributed by atoms with Gasteiger partial charge in [-0.05, 0) is 71.4 Å². The van der Waals surface area contributed by atoms with Gasteiger partial charge in [0.25, 0.3) is 0 Å². The fourth-order valence-electron chi connectivity index (χ4n) is 8.48. The molecule has 0 spiro atoms. The molecule has 3 aromatic heterocycles. The lowest BCUT2D eigenvalue weighted by atomic mass is 10.0. The van der Waals surface area contributed by atoms with E-state index in [4.69, 9.17) is 19.4 Å². The molecule has 0 bridgehead atoms. The predicted molar refractivity (Wildman–Crippen MR) is 224 cm³/mol. The normalized spacial score (nSPS) is 20.6. The maximum atomic E-state index is 13.9. The zero-order chi connectivity index (χ0) is 41.6. The highest BCUT2D eigenvalue weighted by molar-refractivity contribution is 7.21. The van der Waals surface area contributed by atoms with Crippen molar-refractivity contribution in [1.29, 1.82) is 0 Å². The van der Waals surface area contributed by atoms with Crippen molar-refractivity contribution in [2.24, 2.45) is 30.7 Å². The average Bonchev–Trinajstić information content (AvgIpc) is 4.03. The second kappa shape index (κ2) is 16.4. The summed E-state index contributed by atoms with van der Waals surface area (Å²) in [6, 6.07) is 15.0. The molecule has 4 amide bonds. The van der Waals surface area contributed by atoms with Gasteiger partial charge >= 0.3 is 12.2 Å². The van der Waals surface area contributed by atoms with Gasteiger partial charge in [0, 0.05) is 25.0 Å². The fourth-order valence-corrected chi connectivity index (χ4v) is 9.48. The molecular weight excluding hydrogens is 757 g/mol. The van der Waals surface area contributed by atoms with E-state index in [2.05, 4.69) is 76.5 Å². The zero-order valence-corrected chi connectivity index (χ0v) is 35.5. The molecule has 14 nitrogen and oxygen atoms in total. The van der Waals surface area contributed by atoms with Crippen LogP contribution in [0.3, 0.4) is 0 Å². The van der Waals surface area contributed by atoms with Crippen molar-refractivity contribution in [3.8, 4) is 21.6 Å². The molecule has 0 radical (unpaired) electrons. The monoisotopic (exact) mass is 810 g/mol. The Kier molecular flexibility index (Phi) is 11.5. The first-order chi connectivity index (χ1) is 27.7. The minimum atomic E-state index is -0.702. The average molecular weight is 811 g/mol. The van der Waals surface area contributed by atoms with Gasteiger partial charge in [-0.2, -0.15) is 0 Å². The third kappa shape index (κ3) is 7.88. The van der Waals surface area contributed by atoms with Gasteiger partial charge in [0.1, 0.15) is 28.6 Å². The highest BCUT2D eigenvalue weighted by Crippen LogP contribution is 2.40. The van der Waals surface area contributed by atoms with Crippen LogP contribution < -0.4 is 10.6 Å². The largest absolute Gasteiger partial charge is 0.453 e. The number of fused-ring (bicyclic) bond motifs is 2. The van der Waals surface area contributed by atoms with Crippen LogP contribution >= 0.6 is 11.3 Å². The summed E-state index contributed by atoms with van der Waals surface area (Å²) in [5, 5.41) is 5.46. The number of nitrogens with zero attached hydrogens (tertiary/aromatic N) is 5. The molecule has 2 aliphatic heterocycles. The maximum absolute atomic E-state index is 13.9. The van der Waals surface area contributed by atoms with Crippen LogP contribution in [0.1, 0.15) is 78.1 Å². The van der Waals surface area contributed by atoms with Crippen LogP contribution in [-0.2, 0) is 26.1 Å². The first kappa shape index (κ1) is 40.7. The number of alkyl carbamates (subject to hydrolysis) is 2. The summed E-state index contributed by atoms with van der Waals surface area (Å²) in [5.74, 6) is 1.66. The van der Waals surface area contributed by atoms with Crippen molar-refractivity contribution in [1.82, 2.24) is 40.0 Å². The van der Waals surface area contributed by atoms with E-state index in [0.29, 0.717) is 13.1 Å².